The average Bonchev–Trinajstić information content (AvgIpc) is 3.36. The predicted octanol–water partition coefficient (Wildman–Crippen LogP) is 7.65. The fourth-order valence-corrected chi connectivity index (χ4v) is 6.53. The van der Waals surface area contributed by atoms with Crippen LogP contribution in [0.1, 0.15) is 87.6 Å². The molecule has 1 nitrogen and oxygen atoms in total. The maximum atomic E-state index is 10.7. The minimum absolute atomic E-state index is 0. The van der Waals surface area contributed by atoms with E-state index >= 15 is 0 Å². The zero-order chi connectivity index (χ0) is 20.9. The zero-order valence-corrected chi connectivity index (χ0v) is 24.0. The van der Waals surface area contributed by atoms with Gasteiger partial charge in [-0.15, -0.1) is 10.3 Å². The van der Waals surface area contributed by atoms with Crippen molar-refractivity contribution in [2.45, 2.75) is 94.4 Å². The number of aryl methyl sites for hydroxylation is 1. The number of unbranched alkanes of at least 4 members (excludes halogenated alkanes) is 1. The Morgan fingerprint density at radius 1 is 1.17 bits per heavy atom. The molecule has 2 aromatic rings. The van der Waals surface area contributed by atoms with E-state index in [9.17, 15) is 5.11 Å². The van der Waals surface area contributed by atoms with Gasteiger partial charge in [0.1, 0.15) is 0 Å². The van der Waals surface area contributed by atoms with Gasteiger partial charge in [0.05, 0.1) is 6.10 Å². The van der Waals surface area contributed by atoms with Crippen LogP contribution in [0.4, 0.5) is 0 Å². The van der Waals surface area contributed by atoms with Crippen LogP contribution in [0.25, 0.3) is 0 Å². The van der Waals surface area contributed by atoms with E-state index in [2.05, 4.69) is 72.4 Å². The Morgan fingerprint density at radius 2 is 1.90 bits per heavy atom. The minimum atomic E-state index is -0.286. The van der Waals surface area contributed by atoms with Crippen LogP contribution in [0, 0.1) is 11.3 Å². The summed E-state index contributed by atoms with van der Waals surface area (Å²) in [5.41, 5.74) is 2.51. The SMILES string of the molecule is CCCCC(O)C(C)(C)c1ccc(C2C(Br)CCC2CCCc2cc[c-]s2)cc1.[Y]. The van der Waals surface area contributed by atoms with Gasteiger partial charge in [0.2, 0.25) is 0 Å². The minimum Gasteiger partial charge on any atom is -0.392 e. The molecular formula is C26H36BrOSY-. The molecule has 0 amide bonds. The summed E-state index contributed by atoms with van der Waals surface area (Å²) in [5.74, 6) is 1.37. The first-order chi connectivity index (χ1) is 13.9. The van der Waals surface area contributed by atoms with E-state index in [1.165, 1.54) is 48.1 Å². The third kappa shape index (κ3) is 6.73. The maximum absolute atomic E-state index is 10.7. The molecule has 4 heteroatoms. The van der Waals surface area contributed by atoms with Gasteiger partial charge in [-0.2, -0.15) is 6.07 Å². The standard InChI is InChI=1S/C26H36BrOS.Y/c1-4-5-11-24(28)26(2,3)21-15-12-20(13-16-21)25-19(14-17-23(25)27)8-6-9-22-10-7-18-29-22;/h7,10,12-13,15-16,19,23-25,28H,4-6,8-9,11,14,17H2,1-3H3;/q-1;. The first kappa shape index (κ1) is 26.7. The number of thiophene rings is 1. The number of benzene rings is 1. The summed E-state index contributed by atoms with van der Waals surface area (Å²) in [4.78, 5) is 2.04. The van der Waals surface area contributed by atoms with Crippen LogP contribution in [0.15, 0.2) is 36.4 Å². The van der Waals surface area contributed by atoms with E-state index in [1.54, 1.807) is 11.3 Å². The van der Waals surface area contributed by atoms with Crippen LogP contribution in [0.5, 0.6) is 0 Å². The molecule has 0 aliphatic heterocycles. The number of rotatable bonds is 10. The number of aliphatic hydroxyl groups excluding tert-OH is 1. The van der Waals surface area contributed by atoms with E-state index in [1.807, 2.05) is 6.07 Å². The van der Waals surface area contributed by atoms with Crippen LogP contribution in [0.2, 0.25) is 0 Å². The van der Waals surface area contributed by atoms with Crippen molar-refractivity contribution in [1.82, 2.24) is 0 Å². The largest absolute Gasteiger partial charge is 0.392 e. The molecule has 1 N–H and O–H groups in total. The van der Waals surface area contributed by atoms with Crippen molar-refractivity contribution < 1.29 is 37.8 Å². The second kappa shape index (κ2) is 12.6. The van der Waals surface area contributed by atoms with Crippen LogP contribution in [-0.2, 0) is 44.5 Å². The average molecular weight is 565 g/mol. The van der Waals surface area contributed by atoms with Crippen molar-refractivity contribution in [2.24, 2.45) is 5.92 Å². The van der Waals surface area contributed by atoms with Gasteiger partial charge in [-0.1, -0.05) is 93.1 Å². The Bertz CT molecular complexity index is 728. The zero-order valence-electron chi connectivity index (χ0n) is 18.7. The van der Waals surface area contributed by atoms with E-state index in [0.29, 0.717) is 10.7 Å². The van der Waals surface area contributed by atoms with Gasteiger partial charge in [0, 0.05) is 43.0 Å². The van der Waals surface area contributed by atoms with Crippen molar-refractivity contribution in [2.75, 3.05) is 0 Å². The molecule has 1 aromatic carbocycles. The Balaban J connectivity index is 0.00000320. The number of hydrogen-bond acceptors (Lipinski definition) is 2. The van der Waals surface area contributed by atoms with Crippen molar-refractivity contribution in [3.8, 4) is 0 Å². The van der Waals surface area contributed by atoms with Gasteiger partial charge < -0.3 is 16.4 Å². The van der Waals surface area contributed by atoms with Crippen LogP contribution < -0.4 is 0 Å². The van der Waals surface area contributed by atoms with Gasteiger partial charge in [0.25, 0.3) is 0 Å². The maximum Gasteiger partial charge on any atom is 0.0631 e. The van der Waals surface area contributed by atoms with E-state index in [4.69, 9.17) is 0 Å². The van der Waals surface area contributed by atoms with Gasteiger partial charge in [-0.3, -0.25) is 0 Å². The summed E-state index contributed by atoms with van der Waals surface area (Å²) in [6, 6.07) is 13.4. The summed E-state index contributed by atoms with van der Waals surface area (Å²) >= 11 is 5.74. The summed E-state index contributed by atoms with van der Waals surface area (Å²) in [6.07, 6.45) is 9.15. The molecule has 0 saturated heterocycles. The molecular weight excluding hydrogens is 529 g/mol. The van der Waals surface area contributed by atoms with Crippen LogP contribution in [-0.4, -0.2) is 16.0 Å². The predicted molar refractivity (Wildman–Crippen MR) is 129 cm³/mol. The quantitative estimate of drug-likeness (QED) is 0.232. The first-order valence-corrected chi connectivity index (χ1v) is 13.0. The normalized spacial score (nSPS) is 22.6. The molecule has 1 aromatic heterocycles. The third-order valence-electron chi connectivity index (χ3n) is 6.94. The molecule has 0 bridgehead atoms. The van der Waals surface area contributed by atoms with Crippen molar-refractivity contribution in [3.05, 3.63) is 57.8 Å². The molecule has 1 fully saturated rings. The van der Waals surface area contributed by atoms with E-state index in [-0.39, 0.29) is 44.2 Å². The van der Waals surface area contributed by atoms with E-state index in [0.717, 1.165) is 25.2 Å². The fraction of sp³-hybridized carbons (Fsp3) is 0.615. The Labute approximate surface area is 221 Å². The number of aliphatic hydroxyl groups is 1. The Hall–Kier alpha value is 0.464. The number of halogens is 1. The summed E-state index contributed by atoms with van der Waals surface area (Å²) in [7, 11) is 0. The van der Waals surface area contributed by atoms with Crippen LogP contribution >= 0.6 is 27.3 Å². The third-order valence-corrected chi connectivity index (χ3v) is 8.82. The summed E-state index contributed by atoms with van der Waals surface area (Å²) in [6.45, 7) is 6.54. The summed E-state index contributed by atoms with van der Waals surface area (Å²) in [5, 5.41) is 13.9. The van der Waals surface area contributed by atoms with Crippen molar-refractivity contribution >= 4 is 27.3 Å². The second-order valence-corrected chi connectivity index (χ2v) is 11.4. The molecule has 163 valence electrons. The molecule has 4 atom stereocenters. The number of alkyl halides is 1. The van der Waals surface area contributed by atoms with Crippen molar-refractivity contribution in [3.63, 3.8) is 0 Å². The molecule has 1 radical (unpaired) electrons. The topological polar surface area (TPSA) is 20.2 Å². The fourth-order valence-electron chi connectivity index (χ4n) is 4.86. The van der Waals surface area contributed by atoms with Crippen LogP contribution in [0.3, 0.4) is 0 Å². The molecule has 1 aliphatic carbocycles. The van der Waals surface area contributed by atoms with Gasteiger partial charge >= 0.3 is 0 Å². The molecule has 1 saturated carbocycles. The Morgan fingerprint density at radius 3 is 2.53 bits per heavy atom. The first-order valence-electron chi connectivity index (χ1n) is 11.3. The van der Waals surface area contributed by atoms with Crippen molar-refractivity contribution in [1.29, 1.82) is 0 Å². The van der Waals surface area contributed by atoms with Gasteiger partial charge in [-0.25, -0.2) is 6.07 Å². The van der Waals surface area contributed by atoms with Gasteiger partial charge in [0.15, 0.2) is 0 Å². The molecule has 1 aliphatic rings. The van der Waals surface area contributed by atoms with E-state index < -0.39 is 0 Å². The molecule has 3 rings (SSSR count). The molecule has 0 spiro atoms. The smallest absolute Gasteiger partial charge is 0.0631 e. The molecule has 4 unspecified atom stereocenters. The Kier molecular flexibility index (Phi) is 11.3. The second-order valence-electron chi connectivity index (χ2n) is 9.29. The molecule has 30 heavy (non-hydrogen) atoms. The monoisotopic (exact) mass is 564 g/mol. The molecule has 1 heterocycles. The summed E-state index contributed by atoms with van der Waals surface area (Å²) < 4.78 is 0. The van der Waals surface area contributed by atoms with Gasteiger partial charge in [-0.05, 0) is 42.2 Å². The number of hydrogen-bond donors (Lipinski definition) is 1.